The van der Waals surface area contributed by atoms with Crippen LogP contribution in [0.25, 0.3) is 10.2 Å². The first kappa shape index (κ1) is 21.7. The molecule has 8 nitrogen and oxygen atoms in total. The zero-order chi connectivity index (χ0) is 22.5. The highest BCUT2D eigenvalue weighted by Gasteiger charge is 2.37. The number of likely N-dealkylation sites (tertiary alicyclic amines) is 1. The van der Waals surface area contributed by atoms with Crippen LogP contribution in [-0.2, 0) is 16.0 Å². The average molecular weight is 478 g/mol. The van der Waals surface area contributed by atoms with Crippen molar-refractivity contribution in [1.82, 2.24) is 19.8 Å². The molecule has 172 valence electrons. The van der Waals surface area contributed by atoms with E-state index in [1.54, 1.807) is 11.3 Å². The van der Waals surface area contributed by atoms with Gasteiger partial charge in [-0.1, -0.05) is 0 Å². The number of carbonyl (C=O) groups is 1. The Labute approximate surface area is 196 Å². The summed E-state index contributed by atoms with van der Waals surface area (Å²) >= 11 is 7.96. The van der Waals surface area contributed by atoms with Crippen LogP contribution < -0.4 is 4.90 Å². The summed E-state index contributed by atoms with van der Waals surface area (Å²) in [5.74, 6) is 1.28. The SMILES string of the molecule is CC(C)(C)OC(=O)N1CC2=CN(Cc3cc4nc(Cl)nc(N5CCOCC5)c4s3)CC2C1. The molecule has 0 bridgehead atoms. The number of nitrogens with zero attached hydrogens (tertiary/aromatic N) is 5. The molecule has 3 aliphatic rings. The second-order valence-electron chi connectivity index (χ2n) is 9.53. The molecule has 1 amide bonds. The molecule has 0 N–H and O–H groups in total. The molecule has 2 fully saturated rings. The Kier molecular flexibility index (Phi) is 5.67. The van der Waals surface area contributed by atoms with Crippen molar-refractivity contribution >= 4 is 45.1 Å². The third-order valence-electron chi connectivity index (χ3n) is 5.84. The van der Waals surface area contributed by atoms with Crippen LogP contribution in [0.3, 0.4) is 0 Å². The fraction of sp³-hybridized carbons (Fsp3) is 0.591. The first-order valence-corrected chi connectivity index (χ1v) is 12.2. The molecule has 0 aromatic carbocycles. The minimum Gasteiger partial charge on any atom is -0.444 e. The lowest BCUT2D eigenvalue weighted by Gasteiger charge is -2.28. The van der Waals surface area contributed by atoms with Crippen LogP contribution >= 0.6 is 22.9 Å². The first-order chi connectivity index (χ1) is 15.2. The highest BCUT2D eigenvalue weighted by Crippen LogP contribution is 2.36. The van der Waals surface area contributed by atoms with Crippen molar-refractivity contribution in [3.05, 3.63) is 28.0 Å². The van der Waals surface area contributed by atoms with Crippen molar-refractivity contribution in [3.8, 4) is 0 Å². The standard InChI is InChI=1S/C22H28ClN5O3S/c1-22(2,3)31-21(29)28-11-14-9-26(10-15(14)12-28)13-16-8-17-18(32-16)19(25-20(23)24-17)27-4-6-30-7-5-27/h8-9,15H,4-7,10-13H2,1-3H3. The van der Waals surface area contributed by atoms with Crippen LogP contribution in [0.1, 0.15) is 25.6 Å². The van der Waals surface area contributed by atoms with Crippen molar-refractivity contribution in [2.75, 3.05) is 50.8 Å². The highest BCUT2D eigenvalue weighted by molar-refractivity contribution is 7.19. The predicted octanol–water partition coefficient (Wildman–Crippen LogP) is 3.75. The number of morpholine rings is 1. The summed E-state index contributed by atoms with van der Waals surface area (Å²) in [6.45, 7) is 11.8. The number of thiophene rings is 1. The number of hydrogen-bond donors (Lipinski definition) is 0. The van der Waals surface area contributed by atoms with Crippen molar-refractivity contribution in [2.45, 2.75) is 32.9 Å². The average Bonchev–Trinajstić information content (AvgIpc) is 3.39. The van der Waals surface area contributed by atoms with Crippen molar-refractivity contribution in [1.29, 1.82) is 0 Å². The van der Waals surface area contributed by atoms with Gasteiger partial charge in [0.1, 0.15) is 5.60 Å². The summed E-state index contributed by atoms with van der Waals surface area (Å²) in [7, 11) is 0. The van der Waals surface area contributed by atoms with Gasteiger partial charge in [0.25, 0.3) is 0 Å². The van der Waals surface area contributed by atoms with Gasteiger partial charge in [0.15, 0.2) is 5.82 Å². The summed E-state index contributed by atoms with van der Waals surface area (Å²) < 4.78 is 12.1. The molecule has 10 heteroatoms. The Balaban J connectivity index is 1.29. The van der Waals surface area contributed by atoms with Crippen LogP contribution in [0.4, 0.5) is 10.6 Å². The van der Waals surface area contributed by atoms with Gasteiger partial charge in [-0.25, -0.2) is 9.78 Å². The largest absolute Gasteiger partial charge is 0.444 e. The quantitative estimate of drug-likeness (QED) is 0.623. The molecular formula is C22H28ClN5O3S. The number of aromatic nitrogens is 2. The van der Waals surface area contributed by atoms with Crippen LogP contribution in [0.5, 0.6) is 0 Å². The normalized spacial score (nSPS) is 21.3. The van der Waals surface area contributed by atoms with Gasteiger partial charge in [0, 0.05) is 49.7 Å². The molecule has 0 saturated carbocycles. The van der Waals surface area contributed by atoms with Gasteiger partial charge < -0.3 is 24.2 Å². The van der Waals surface area contributed by atoms with E-state index in [-0.39, 0.29) is 11.4 Å². The van der Waals surface area contributed by atoms with E-state index < -0.39 is 5.60 Å². The molecule has 2 aromatic heterocycles. The molecular weight excluding hydrogens is 450 g/mol. The van der Waals surface area contributed by atoms with E-state index in [1.165, 1.54) is 10.5 Å². The highest BCUT2D eigenvalue weighted by atomic mass is 35.5. The number of carbonyl (C=O) groups excluding carboxylic acids is 1. The Morgan fingerprint density at radius 3 is 2.78 bits per heavy atom. The van der Waals surface area contributed by atoms with Crippen LogP contribution in [0.2, 0.25) is 5.28 Å². The van der Waals surface area contributed by atoms with E-state index in [0.29, 0.717) is 32.2 Å². The molecule has 5 heterocycles. The fourth-order valence-corrected chi connectivity index (χ4v) is 5.78. The zero-order valence-electron chi connectivity index (χ0n) is 18.6. The molecule has 2 aromatic rings. The first-order valence-electron chi connectivity index (χ1n) is 11.0. The molecule has 0 spiro atoms. The third kappa shape index (κ3) is 4.51. The molecule has 0 radical (unpaired) electrons. The summed E-state index contributed by atoms with van der Waals surface area (Å²) in [5, 5.41) is 0.281. The number of ether oxygens (including phenoxy) is 2. The van der Waals surface area contributed by atoms with Gasteiger partial charge in [0.2, 0.25) is 5.28 Å². The molecule has 2 saturated heterocycles. The Hall–Kier alpha value is -2.10. The molecule has 0 aliphatic carbocycles. The van der Waals surface area contributed by atoms with E-state index in [2.05, 4.69) is 32.0 Å². The maximum atomic E-state index is 12.4. The second kappa shape index (κ2) is 8.35. The van der Waals surface area contributed by atoms with Gasteiger partial charge in [0.05, 0.1) is 30.0 Å². The number of amides is 1. The van der Waals surface area contributed by atoms with Gasteiger partial charge in [-0.05, 0) is 44.0 Å². The summed E-state index contributed by atoms with van der Waals surface area (Å²) in [6.07, 6.45) is 1.98. The number of fused-ring (bicyclic) bond motifs is 2. The minimum absolute atomic E-state index is 0.227. The van der Waals surface area contributed by atoms with Gasteiger partial charge in [-0.3, -0.25) is 0 Å². The van der Waals surface area contributed by atoms with E-state index in [4.69, 9.17) is 21.1 Å². The van der Waals surface area contributed by atoms with Crippen LogP contribution in [0, 0.1) is 5.92 Å². The lowest BCUT2D eigenvalue weighted by molar-refractivity contribution is 0.0287. The topological polar surface area (TPSA) is 71.0 Å². The minimum atomic E-state index is -0.470. The smallest absolute Gasteiger partial charge is 0.410 e. The maximum absolute atomic E-state index is 12.4. The van der Waals surface area contributed by atoms with Crippen molar-refractivity contribution < 1.29 is 14.3 Å². The Morgan fingerprint density at radius 2 is 2.06 bits per heavy atom. The third-order valence-corrected chi connectivity index (χ3v) is 7.11. The summed E-state index contributed by atoms with van der Waals surface area (Å²) in [4.78, 5) is 29.0. The van der Waals surface area contributed by atoms with Gasteiger partial charge in [-0.2, -0.15) is 4.98 Å². The molecule has 32 heavy (non-hydrogen) atoms. The fourth-order valence-electron chi connectivity index (χ4n) is 4.47. The Morgan fingerprint density at radius 1 is 1.28 bits per heavy atom. The molecule has 3 aliphatic heterocycles. The summed E-state index contributed by atoms with van der Waals surface area (Å²) in [6, 6.07) is 2.12. The molecule has 1 atom stereocenters. The van der Waals surface area contributed by atoms with Gasteiger partial charge >= 0.3 is 6.09 Å². The van der Waals surface area contributed by atoms with E-state index in [9.17, 15) is 4.79 Å². The zero-order valence-corrected chi connectivity index (χ0v) is 20.2. The lowest BCUT2D eigenvalue weighted by Crippen LogP contribution is -2.36. The van der Waals surface area contributed by atoms with Crippen LogP contribution in [0.15, 0.2) is 17.8 Å². The lowest BCUT2D eigenvalue weighted by atomic mass is 10.1. The Bertz CT molecular complexity index is 1060. The number of halogens is 1. The van der Waals surface area contributed by atoms with Crippen molar-refractivity contribution in [2.24, 2.45) is 5.92 Å². The second-order valence-corrected chi connectivity index (χ2v) is 11.0. The monoisotopic (exact) mass is 477 g/mol. The number of rotatable bonds is 3. The van der Waals surface area contributed by atoms with E-state index in [0.717, 1.165) is 42.2 Å². The molecule has 5 rings (SSSR count). The summed E-state index contributed by atoms with van der Waals surface area (Å²) in [5.41, 5.74) is 1.73. The van der Waals surface area contributed by atoms with Crippen molar-refractivity contribution in [3.63, 3.8) is 0 Å². The predicted molar refractivity (Wildman–Crippen MR) is 125 cm³/mol. The molecule has 1 unspecified atom stereocenters. The van der Waals surface area contributed by atoms with E-state index in [1.807, 2.05) is 25.7 Å². The number of anilines is 1. The van der Waals surface area contributed by atoms with Crippen LogP contribution in [-0.4, -0.2) is 77.4 Å². The van der Waals surface area contributed by atoms with E-state index >= 15 is 0 Å². The maximum Gasteiger partial charge on any atom is 0.410 e. The van der Waals surface area contributed by atoms with Gasteiger partial charge in [-0.15, -0.1) is 11.3 Å². The number of hydrogen-bond acceptors (Lipinski definition) is 8.